The van der Waals surface area contributed by atoms with Crippen molar-refractivity contribution in [1.29, 1.82) is 0 Å². The smallest absolute Gasteiger partial charge is 0.335 e. The van der Waals surface area contributed by atoms with Crippen LogP contribution in [0.1, 0.15) is 87.2 Å². The maximum absolute atomic E-state index is 12.5. The Bertz CT molecular complexity index is 1110. The van der Waals surface area contributed by atoms with Crippen LogP contribution in [0.2, 0.25) is 0 Å². The van der Waals surface area contributed by atoms with Crippen molar-refractivity contribution in [1.82, 2.24) is 0 Å². The lowest BCUT2D eigenvalue weighted by Crippen LogP contribution is -2.58. The van der Waals surface area contributed by atoms with Gasteiger partial charge in [0.15, 0.2) is 5.78 Å². The van der Waals surface area contributed by atoms with E-state index in [4.69, 9.17) is 4.74 Å². The molecule has 4 unspecified atom stereocenters. The molecule has 0 aromatic heterocycles. The van der Waals surface area contributed by atoms with E-state index < -0.39 is 17.7 Å². The second-order valence-corrected chi connectivity index (χ2v) is 12.4. The second-order valence-electron chi connectivity index (χ2n) is 12.4. The fourth-order valence-electron chi connectivity index (χ4n) is 8.66. The quantitative estimate of drug-likeness (QED) is 0.505. The molecule has 0 spiro atoms. The highest BCUT2D eigenvalue weighted by molar-refractivity contribution is 5.88. The van der Waals surface area contributed by atoms with Crippen LogP contribution in [-0.4, -0.2) is 44.9 Å². The molecule has 5 rings (SSSR count). The van der Waals surface area contributed by atoms with E-state index in [0.717, 1.165) is 43.2 Å². The summed E-state index contributed by atoms with van der Waals surface area (Å²) in [5, 5.41) is 31.6. The maximum atomic E-state index is 12.5. The number of Topliss-reactive ketones (excluding diaryl/α,β-unsaturated/α-hetero) is 1. The van der Waals surface area contributed by atoms with Gasteiger partial charge in [-0.15, -0.1) is 0 Å². The third kappa shape index (κ3) is 3.63. The number of carboxylic acid groups (broad SMARTS) is 1. The molecule has 3 saturated carbocycles. The molecule has 6 heteroatoms. The van der Waals surface area contributed by atoms with Gasteiger partial charge in [-0.1, -0.05) is 26.0 Å². The van der Waals surface area contributed by atoms with Gasteiger partial charge in [0, 0.05) is 5.41 Å². The Labute approximate surface area is 213 Å². The molecule has 0 saturated heterocycles. The molecule has 0 bridgehead atoms. The Morgan fingerprint density at radius 3 is 2.47 bits per heavy atom. The normalized spacial score (nSPS) is 41.6. The Balaban J connectivity index is 1.39. The van der Waals surface area contributed by atoms with Crippen molar-refractivity contribution in [2.45, 2.75) is 97.1 Å². The standard InChI is InChI=1S/C30H40O6/c1-17-15-19(27(33)34)5-6-20(17)16-36-26-24-8-7-21-22(28(24,3)12-11-25(26)32)9-13-29(4)23(21)10-14-30(29,35)18(2)31/h5-6,8,15,21-23,25-26,32,35H,7,9-14,16H2,1-4H3,(H,33,34)/t21?,22?,23?,25-,26?,28+,29-,30+/m0/s1. The van der Waals surface area contributed by atoms with E-state index in [1.54, 1.807) is 25.1 Å². The molecule has 4 aliphatic carbocycles. The van der Waals surface area contributed by atoms with Gasteiger partial charge >= 0.3 is 5.97 Å². The van der Waals surface area contributed by atoms with E-state index in [1.165, 1.54) is 5.57 Å². The van der Waals surface area contributed by atoms with Gasteiger partial charge in [0.05, 0.1) is 18.3 Å². The first-order chi connectivity index (χ1) is 16.9. The monoisotopic (exact) mass is 496 g/mol. The Morgan fingerprint density at radius 2 is 1.81 bits per heavy atom. The number of carbonyl (C=O) groups excluding carboxylic acids is 1. The number of hydrogen-bond acceptors (Lipinski definition) is 5. The second kappa shape index (κ2) is 8.78. The van der Waals surface area contributed by atoms with Crippen molar-refractivity contribution >= 4 is 11.8 Å². The molecule has 0 amide bonds. The van der Waals surface area contributed by atoms with Crippen LogP contribution < -0.4 is 0 Å². The van der Waals surface area contributed by atoms with Crippen LogP contribution in [0.25, 0.3) is 0 Å². The first-order valence-electron chi connectivity index (χ1n) is 13.5. The Hall–Kier alpha value is -2.02. The highest BCUT2D eigenvalue weighted by Crippen LogP contribution is 2.67. The van der Waals surface area contributed by atoms with Crippen LogP contribution in [0.5, 0.6) is 0 Å². The number of aliphatic hydroxyl groups excluding tert-OH is 1. The highest BCUT2D eigenvalue weighted by atomic mass is 16.5. The number of carbonyl (C=O) groups is 2. The zero-order valence-corrected chi connectivity index (χ0v) is 21.9. The van der Waals surface area contributed by atoms with Crippen LogP contribution >= 0.6 is 0 Å². The largest absolute Gasteiger partial charge is 0.478 e. The summed E-state index contributed by atoms with van der Waals surface area (Å²) in [4.78, 5) is 23.8. The molecule has 1 aromatic rings. The summed E-state index contributed by atoms with van der Waals surface area (Å²) in [6.07, 6.45) is 7.10. The van der Waals surface area contributed by atoms with Crippen molar-refractivity contribution in [2.75, 3.05) is 0 Å². The molecular formula is C30H40O6. The lowest BCUT2D eigenvalue weighted by molar-refractivity contribution is -0.160. The number of aryl methyl sites for hydroxylation is 1. The molecular weight excluding hydrogens is 456 g/mol. The molecule has 3 fully saturated rings. The van der Waals surface area contributed by atoms with Crippen LogP contribution in [-0.2, 0) is 16.1 Å². The SMILES string of the molecule is CC(=O)[C@]1(O)CCC2C3CC=C4C(OCc5ccc(C(=O)O)cc5C)[C@@H](O)CC[C@]4(C)C3CC[C@@]21C. The minimum Gasteiger partial charge on any atom is -0.478 e. The van der Waals surface area contributed by atoms with Gasteiger partial charge in [0.2, 0.25) is 0 Å². The minimum absolute atomic E-state index is 0.0761. The van der Waals surface area contributed by atoms with Crippen molar-refractivity contribution in [3.8, 4) is 0 Å². The summed E-state index contributed by atoms with van der Waals surface area (Å²) < 4.78 is 6.40. The molecule has 0 radical (unpaired) electrons. The number of hydrogen-bond donors (Lipinski definition) is 3. The fourth-order valence-corrected chi connectivity index (χ4v) is 8.66. The summed E-state index contributed by atoms with van der Waals surface area (Å²) in [5.74, 6) is 0.151. The van der Waals surface area contributed by atoms with Gasteiger partial charge in [0.1, 0.15) is 11.7 Å². The number of benzene rings is 1. The zero-order chi connectivity index (χ0) is 26.0. The predicted octanol–water partition coefficient (Wildman–Crippen LogP) is 4.83. The number of ketones is 1. The van der Waals surface area contributed by atoms with E-state index in [2.05, 4.69) is 19.9 Å². The van der Waals surface area contributed by atoms with Gasteiger partial charge < -0.3 is 20.1 Å². The third-order valence-corrected chi connectivity index (χ3v) is 10.9. The molecule has 3 N–H and O–H groups in total. The van der Waals surface area contributed by atoms with E-state index in [1.807, 2.05) is 6.92 Å². The maximum Gasteiger partial charge on any atom is 0.335 e. The molecule has 6 nitrogen and oxygen atoms in total. The number of ether oxygens (including phenoxy) is 1. The minimum atomic E-state index is -1.21. The summed E-state index contributed by atoms with van der Waals surface area (Å²) >= 11 is 0. The van der Waals surface area contributed by atoms with Crippen molar-refractivity contribution in [3.63, 3.8) is 0 Å². The molecule has 8 atom stereocenters. The number of aliphatic hydroxyl groups is 2. The average Bonchev–Trinajstić information content (AvgIpc) is 3.11. The van der Waals surface area contributed by atoms with E-state index >= 15 is 0 Å². The zero-order valence-electron chi connectivity index (χ0n) is 21.9. The summed E-state index contributed by atoms with van der Waals surface area (Å²) in [5.41, 5.74) is 1.60. The molecule has 4 aliphatic rings. The van der Waals surface area contributed by atoms with Crippen molar-refractivity contribution < 1.29 is 29.6 Å². The lowest BCUT2D eigenvalue weighted by Gasteiger charge is -2.59. The number of aromatic carboxylic acids is 1. The third-order valence-electron chi connectivity index (χ3n) is 10.9. The van der Waals surface area contributed by atoms with Gasteiger partial charge in [-0.05, 0) is 111 Å². The molecule has 1 aromatic carbocycles. The first kappa shape index (κ1) is 25.6. The van der Waals surface area contributed by atoms with E-state index in [0.29, 0.717) is 37.2 Å². The lowest BCUT2D eigenvalue weighted by atomic mass is 9.46. The number of rotatable bonds is 5. The number of carboxylic acids is 1. The van der Waals surface area contributed by atoms with Crippen LogP contribution in [0.4, 0.5) is 0 Å². The molecule has 196 valence electrons. The summed E-state index contributed by atoms with van der Waals surface area (Å²) in [6.45, 7) is 8.22. The Kier molecular flexibility index (Phi) is 6.25. The molecule has 0 aliphatic heterocycles. The number of allylic oxidation sites excluding steroid dienone is 1. The fraction of sp³-hybridized carbons (Fsp3) is 0.667. The predicted molar refractivity (Wildman–Crippen MR) is 135 cm³/mol. The van der Waals surface area contributed by atoms with E-state index in [-0.39, 0.29) is 28.3 Å². The summed E-state index contributed by atoms with van der Waals surface area (Å²) in [6, 6.07) is 5.06. The Morgan fingerprint density at radius 1 is 1.08 bits per heavy atom. The van der Waals surface area contributed by atoms with Crippen molar-refractivity contribution in [3.05, 3.63) is 46.5 Å². The average molecular weight is 497 g/mol. The van der Waals surface area contributed by atoms with Crippen LogP contribution in [0.15, 0.2) is 29.8 Å². The van der Waals surface area contributed by atoms with E-state index in [9.17, 15) is 24.9 Å². The van der Waals surface area contributed by atoms with Crippen LogP contribution in [0, 0.1) is 35.5 Å². The molecule has 36 heavy (non-hydrogen) atoms. The first-order valence-corrected chi connectivity index (χ1v) is 13.5. The van der Waals surface area contributed by atoms with Crippen molar-refractivity contribution in [2.24, 2.45) is 28.6 Å². The summed E-state index contributed by atoms with van der Waals surface area (Å²) in [7, 11) is 0. The van der Waals surface area contributed by atoms with Gasteiger partial charge in [0.25, 0.3) is 0 Å². The van der Waals surface area contributed by atoms with Crippen LogP contribution in [0.3, 0.4) is 0 Å². The number of fused-ring (bicyclic) bond motifs is 5. The van der Waals surface area contributed by atoms with Gasteiger partial charge in [-0.2, -0.15) is 0 Å². The van der Waals surface area contributed by atoms with Gasteiger partial charge in [-0.25, -0.2) is 4.79 Å². The van der Waals surface area contributed by atoms with Gasteiger partial charge in [-0.3, -0.25) is 4.79 Å². The molecule has 0 heterocycles. The highest BCUT2D eigenvalue weighted by Gasteiger charge is 2.65. The topological polar surface area (TPSA) is 104 Å².